The van der Waals surface area contributed by atoms with Crippen molar-refractivity contribution >= 4 is 17.9 Å². The van der Waals surface area contributed by atoms with Crippen molar-refractivity contribution in [1.82, 2.24) is 15.5 Å². The lowest BCUT2D eigenvalue weighted by molar-refractivity contribution is -0.149. The molecule has 7 nitrogen and oxygen atoms in total. The highest BCUT2D eigenvalue weighted by Gasteiger charge is 2.55. The second kappa shape index (κ2) is 7.50. The lowest BCUT2D eigenvalue weighted by atomic mass is 9.81. The third kappa shape index (κ3) is 3.58. The summed E-state index contributed by atoms with van der Waals surface area (Å²) in [5.74, 6) is -3.72. The minimum atomic E-state index is -0.959. The summed E-state index contributed by atoms with van der Waals surface area (Å²) in [5, 5.41) is 14.5. The normalized spacial score (nSPS) is 23.8. The first kappa shape index (κ1) is 19.1. The van der Waals surface area contributed by atoms with Gasteiger partial charge in [0.2, 0.25) is 0 Å². The molecule has 146 valence electrons. The summed E-state index contributed by atoms with van der Waals surface area (Å²) < 4.78 is 27.1. The van der Waals surface area contributed by atoms with Crippen LogP contribution in [-0.4, -0.2) is 54.1 Å². The molecule has 27 heavy (non-hydrogen) atoms. The van der Waals surface area contributed by atoms with Crippen LogP contribution < -0.4 is 10.6 Å². The number of benzene rings is 1. The van der Waals surface area contributed by atoms with Crippen molar-refractivity contribution in [3.63, 3.8) is 0 Å². The zero-order valence-corrected chi connectivity index (χ0v) is 14.6. The van der Waals surface area contributed by atoms with Crippen molar-refractivity contribution in [3.8, 4) is 0 Å². The van der Waals surface area contributed by atoms with Gasteiger partial charge in [-0.1, -0.05) is 12.5 Å². The lowest BCUT2D eigenvalue weighted by Gasteiger charge is -2.23. The molecule has 0 aromatic heterocycles. The van der Waals surface area contributed by atoms with Crippen LogP contribution in [0.1, 0.15) is 29.6 Å². The van der Waals surface area contributed by atoms with Crippen LogP contribution in [0, 0.1) is 23.0 Å². The van der Waals surface area contributed by atoms with E-state index in [1.54, 1.807) is 0 Å². The molecular formula is C18H21F2N3O4. The number of urea groups is 1. The van der Waals surface area contributed by atoms with Gasteiger partial charge in [-0.05, 0) is 30.9 Å². The number of carbonyl (C=O) groups is 3. The van der Waals surface area contributed by atoms with E-state index in [0.29, 0.717) is 13.0 Å². The van der Waals surface area contributed by atoms with E-state index in [2.05, 4.69) is 10.6 Å². The van der Waals surface area contributed by atoms with E-state index in [4.69, 9.17) is 0 Å². The molecule has 0 unspecified atom stereocenters. The van der Waals surface area contributed by atoms with Crippen LogP contribution in [0.3, 0.4) is 0 Å². The SMILES string of the molecule is O=C(NCCNC(=O)N1C[C@@H]2CCC[C@@]2(C(=O)O)C1)c1c(F)cccc1F. The Bertz CT molecular complexity index is 753. The number of nitrogens with zero attached hydrogens (tertiary/aromatic N) is 1. The molecule has 1 aliphatic carbocycles. The number of halogens is 2. The Morgan fingerprint density at radius 2 is 1.85 bits per heavy atom. The van der Waals surface area contributed by atoms with Gasteiger partial charge in [-0.2, -0.15) is 0 Å². The first-order chi connectivity index (χ1) is 12.8. The Labute approximate surface area is 154 Å². The fraction of sp³-hybridized carbons (Fsp3) is 0.500. The van der Waals surface area contributed by atoms with Crippen LogP contribution in [0.5, 0.6) is 0 Å². The highest BCUT2D eigenvalue weighted by molar-refractivity contribution is 5.94. The zero-order chi connectivity index (χ0) is 19.6. The van der Waals surface area contributed by atoms with Crippen LogP contribution >= 0.6 is 0 Å². The molecule has 0 spiro atoms. The quantitative estimate of drug-likeness (QED) is 0.675. The smallest absolute Gasteiger partial charge is 0.317 e. The Kier molecular flexibility index (Phi) is 5.29. The number of nitrogens with one attached hydrogen (secondary N) is 2. The molecule has 1 aromatic rings. The first-order valence-corrected chi connectivity index (χ1v) is 8.83. The number of hydrogen-bond acceptors (Lipinski definition) is 3. The summed E-state index contributed by atoms with van der Waals surface area (Å²) in [4.78, 5) is 37.2. The van der Waals surface area contributed by atoms with Gasteiger partial charge in [0.1, 0.15) is 17.2 Å². The minimum Gasteiger partial charge on any atom is -0.481 e. The van der Waals surface area contributed by atoms with Crippen molar-refractivity contribution in [2.24, 2.45) is 11.3 Å². The summed E-state index contributed by atoms with van der Waals surface area (Å²) in [6.45, 7) is 0.609. The van der Waals surface area contributed by atoms with Crippen molar-refractivity contribution < 1.29 is 28.3 Å². The number of hydrogen-bond donors (Lipinski definition) is 3. The van der Waals surface area contributed by atoms with Gasteiger partial charge in [0.05, 0.1) is 5.41 Å². The molecule has 1 aliphatic heterocycles. The number of carbonyl (C=O) groups excluding carboxylic acids is 2. The van der Waals surface area contributed by atoms with Gasteiger partial charge in [0.15, 0.2) is 0 Å². The molecule has 1 heterocycles. The monoisotopic (exact) mass is 381 g/mol. The maximum absolute atomic E-state index is 13.5. The third-order valence-corrected chi connectivity index (χ3v) is 5.46. The minimum absolute atomic E-state index is 0.0142. The van der Waals surface area contributed by atoms with Crippen molar-refractivity contribution in [1.29, 1.82) is 0 Å². The van der Waals surface area contributed by atoms with E-state index >= 15 is 0 Å². The lowest BCUT2D eigenvalue weighted by Crippen LogP contribution is -2.44. The highest BCUT2D eigenvalue weighted by Crippen LogP contribution is 2.48. The van der Waals surface area contributed by atoms with Gasteiger partial charge in [-0.15, -0.1) is 0 Å². The molecule has 2 aliphatic rings. The average Bonchev–Trinajstić information content (AvgIpc) is 3.17. The molecule has 2 fully saturated rings. The van der Waals surface area contributed by atoms with E-state index in [1.807, 2.05) is 0 Å². The number of aliphatic carboxylic acids is 1. The van der Waals surface area contributed by atoms with Gasteiger partial charge >= 0.3 is 12.0 Å². The second-order valence-corrected chi connectivity index (χ2v) is 7.02. The molecule has 1 aromatic carbocycles. The molecule has 2 atom stereocenters. The molecule has 3 rings (SSSR count). The first-order valence-electron chi connectivity index (χ1n) is 8.83. The summed E-state index contributed by atoms with van der Waals surface area (Å²) in [5.41, 5.74) is -1.52. The van der Waals surface area contributed by atoms with E-state index in [1.165, 1.54) is 4.90 Å². The van der Waals surface area contributed by atoms with Crippen LogP contribution in [-0.2, 0) is 4.79 Å². The van der Waals surface area contributed by atoms with Gasteiger partial charge in [0, 0.05) is 26.2 Å². The summed E-state index contributed by atoms with van der Waals surface area (Å²) in [6.07, 6.45) is 2.21. The Morgan fingerprint density at radius 1 is 1.19 bits per heavy atom. The Morgan fingerprint density at radius 3 is 2.48 bits per heavy atom. The van der Waals surface area contributed by atoms with Gasteiger partial charge in [0.25, 0.3) is 5.91 Å². The summed E-state index contributed by atoms with van der Waals surface area (Å²) in [6, 6.07) is 2.73. The van der Waals surface area contributed by atoms with E-state index in [-0.39, 0.29) is 25.6 Å². The second-order valence-electron chi connectivity index (χ2n) is 7.02. The van der Waals surface area contributed by atoms with Crippen LogP contribution in [0.25, 0.3) is 0 Å². The molecule has 9 heteroatoms. The van der Waals surface area contributed by atoms with Crippen molar-refractivity contribution in [2.75, 3.05) is 26.2 Å². The average molecular weight is 381 g/mol. The molecule has 1 saturated carbocycles. The molecule has 0 radical (unpaired) electrons. The fourth-order valence-corrected chi connectivity index (χ4v) is 4.05. The van der Waals surface area contributed by atoms with Gasteiger partial charge in [-0.3, -0.25) is 9.59 Å². The van der Waals surface area contributed by atoms with Crippen LogP contribution in [0.2, 0.25) is 0 Å². The predicted octanol–water partition coefficient (Wildman–Crippen LogP) is 1.59. The standard InChI is InChI=1S/C18H21F2N3O4/c19-12-4-1-5-13(20)14(12)15(24)21-7-8-22-17(27)23-9-11-3-2-6-18(11,10-23)16(25)26/h1,4-5,11H,2-3,6-10H2,(H,21,24)(H,22,27)(H,25,26)/t11-,18+/m0/s1. The number of carboxylic acid groups (broad SMARTS) is 1. The maximum atomic E-state index is 13.5. The highest BCUT2D eigenvalue weighted by atomic mass is 19.1. The van der Waals surface area contributed by atoms with E-state index in [9.17, 15) is 28.3 Å². The molecule has 3 N–H and O–H groups in total. The van der Waals surface area contributed by atoms with Crippen LogP contribution in [0.4, 0.5) is 13.6 Å². The molecule has 1 saturated heterocycles. The zero-order valence-electron chi connectivity index (χ0n) is 14.6. The number of rotatable bonds is 5. The largest absolute Gasteiger partial charge is 0.481 e. The number of amides is 3. The predicted molar refractivity (Wildman–Crippen MR) is 91.1 cm³/mol. The van der Waals surface area contributed by atoms with E-state index in [0.717, 1.165) is 31.0 Å². The third-order valence-electron chi connectivity index (χ3n) is 5.46. The van der Waals surface area contributed by atoms with Crippen LogP contribution in [0.15, 0.2) is 18.2 Å². The fourth-order valence-electron chi connectivity index (χ4n) is 4.05. The Hall–Kier alpha value is -2.71. The number of carboxylic acids is 1. The van der Waals surface area contributed by atoms with Gasteiger partial charge < -0.3 is 20.6 Å². The van der Waals surface area contributed by atoms with Gasteiger partial charge in [-0.25, -0.2) is 13.6 Å². The number of likely N-dealkylation sites (tertiary alicyclic amines) is 1. The van der Waals surface area contributed by atoms with Crippen molar-refractivity contribution in [3.05, 3.63) is 35.4 Å². The topological polar surface area (TPSA) is 98.7 Å². The number of fused-ring (bicyclic) bond motifs is 1. The molecular weight excluding hydrogens is 360 g/mol. The van der Waals surface area contributed by atoms with E-state index < -0.39 is 40.5 Å². The maximum Gasteiger partial charge on any atom is 0.317 e. The van der Waals surface area contributed by atoms with Crippen molar-refractivity contribution in [2.45, 2.75) is 19.3 Å². The molecule has 0 bridgehead atoms. The summed E-state index contributed by atoms with van der Waals surface area (Å²) in [7, 11) is 0. The Balaban J connectivity index is 1.47. The summed E-state index contributed by atoms with van der Waals surface area (Å²) >= 11 is 0. The molecule has 3 amide bonds.